The summed E-state index contributed by atoms with van der Waals surface area (Å²) < 4.78 is 13.7. The van der Waals surface area contributed by atoms with Crippen molar-refractivity contribution in [3.05, 3.63) is 71.5 Å². The van der Waals surface area contributed by atoms with Gasteiger partial charge < -0.3 is 0 Å². The second-order valence-corrected chi connectivity index (χ2v) is 3.82. The van der Waals surface area contributed by atoms with Crippen LogP contribution in [0.5, 0.6) is 0 Å². The number of rotatable bonds is 3. The summed E-state index contributed by atoms with van der Waals surface area (Å²) in [4.78, 5) is 0. The third-order valence-corrected chi connectivity index (χ3v) is 2.83. The molecule has 0 saturated heterocycles. The normalized spacial score (nSPS) is 12.4. The van der Waals surface area contributed by atoms with Crippen LogP contribution < -0.4 is 0 Å². The maximum absolute atomic E-state index is 13.7. The van der Waals surface area contributed by atoms with Crippen LogP contribution >= 0.6 is 0 Å². The molecule has 0 aromatic heterocycles. The molecule has 2 aromatic carbocycles. The fourth-order valence-electron chi connectivity index (χ4n) is 2.03. The average Bonchev–Trinajstić information content (AvgIpc) is 2.34. The predicted molar refractivity (Wildman–Crippen MR) is 63.8 cm³/mol. The van der Waals surface area contributed by atoms with Crippen LogP contribution in [0.2, 0.25) is 0 Å². The van der Waals surface area contributed by atoms with Crippen molar-refractivity contribution >= 4 is 0 Å². The summed E-state index contributed by atoms with van der Waals surface area (Å²) in [5.41, 5.74) is 1.92. The van der Waals surface area contributed by atoms with Crippen molar-refractivity contribution in [2.75, 3.05) is 0 Å². The molecule has 81 valence electrons. The minimum atomic E-state index is -0.168. The summed E-state index contributed by atoms with van der Waals surface area (Å²) in [5, 5.41) is 0. The molecule has 0 spiro atoms. The first-order chi connectivity index (χ1) is 7.83. The molecule has 0 heterocycles. The fraction of sp³-hybridized carbons (Fsp3) is 0.200. The Morgan fingerprint density at radius 2 is 1.94 bits per heavy atom. The van der Waals surface area contributed by atoms with Gasteiger partial charge in [-0.15, -0.1) is 0 Å². The first-order valence-electron chi connectivity index (χ1n) is 5.53. The van der Waals surface area contributed by atoms with Crippen LogP contribution in [0.3, 0.4) is 0 Å². The Hall–Kier alpha value is -1.63. The predicted octanol–water partition coefficient (Wildman–Crippen LogP) is 4.17. The van der Waals surface area contributed by atoms with Crippen molar-refractivity contribution in [1.82, 2.24) is 0 Å². The van der Waals surface area contributed by atoms with Gasteiger partial charge in [-0.05, 0) is 29.7 Å². The highest BCUT2D eigenvalue weighted by atomic mass is 19.1. The minimum absolute atomic E-state index is 0.135. The van der Waals surface area contributed by atoms with Crippen molar-refractivity contribution in [2.45, 2.75) is 19.3 Å². The Labute approximate surface area is 95.7 Å². The third kappa shape index (κ3) is 2.13. The first kappa shape index (κ1) is 10.9. The smallest absolute Gasteiger partial charge is 0.127 e. The maximum atomic E-state index is 13.7. The monoisotopic (exact) mass is 213 g/mol. The zero-order valence-electron chi connectivity index (χ0n) is 9.28. The van der Waals surface area contributed by atoms with Crippen molar-refractivity contribution in [3.63, 3.8) is 0 Å². The zero-order chi connectivity index (χ0) is 11.4. The molecule has 1 radical (unpaired) electrons. The summed E-state index contributed by atoms with van der Waals surface area (Å²) in [6.45, 7) is 2.08. The van der Waals surface area contributed by atoms with E-state index in [1.54, 1.807) is 6.07 Å². The number of hydrogen-bond donors (Lipinski definition) is 0. The molecular weight excluding hydrogens is 199 g/mol. The number of hydrogen-bond acceptors (Lipinski definition) is 0. The second kappa shape index (κ2) is 4.93. The van der Waals surface area contributed by atoms with E-state index in [1.807, 2.05) is 36.4 Å². The van der Waals surface area contributed by atoms with Crippen LogP contribution in [0.4, 0.5) is 4.39 Å². The highest BCUT2D eigenvalue weighted by Gasteiger charge is 2.14. The Morgan fingerprint density at radius 3 is 2.56 bits per heavy atom. The molecule has 2 aromatic rings. The van der Waals surface area contributed by atoms with Gasteiger partial charge in [0.1, 0.15) is 5.82 Å². The van der Waals surface area contributed by atoms with E-state index in [2.05, 4.69) is 13.0 Å². The standard InChI is InChI=1S/C15H14F/c1-2-13(12-8-4-3-5-9-12)14-10-6-7-11-15(14)16/h3-6,8-11,13H,2H2,1H3. The number of halogens is 1. The largest absolute Gasteiger partial charge is 0.207 e. The van der Waals surface area contributed by atoms with Gasteiger partial charge >= 0.3 is 0 Å². The lowest BCUT2D eigenvalue weighted by Gasteiger charge is -2.16. The quantitative estimate of drug-likeness (QED) is 0.718. The molecule has 0 fully saturated rings. The molecule has 1 unspecified atom stereocenters. The van der Waals surface area contributed by atoms with Gasteiger partial charge in [0.15, 0.2) is 0 Å². The highest BCUT2D eigenvalue weighted by Crippen LogP contribution is 2.29. The second-order valence-electron chi connectivity index (χ2n) is 3.82. The van der Waals surface area contributed by atoms with Gasteiger partial charge in [0.25, 0.3) is 0 Å². The molecule has 0 saturated carbocycles. The van der Waals surface area contributed by atoms with Crippen LogP contribution in [0.15, 0.2) is 48.5 Å². The van der Waals surface area contributed by atoms with Gasteiger partial charge in [0.2, 0.25) is 0 Å². The van der Waals surface area contributed by atoms with Crippen LogP contribution in [-0.4, -0.2) is 0 Å². The Bertz CT molecular complexity index is 448. The lowest BCUT2D eigenvalue weighted by Crippen LogP contribution is -2.02. The fourth-order valence-corrected chi connectivity index (χ4v) is 2.03. The summed E-state index contributed by atoms with van der Waals surface area (Å²) in [7, 11) is 0. The van der Waals surface area contributed by atoms with E-state index < -0.39 is 0 Å². The molecule has 0 aliphatic heterocycles. The summed E-state index contributed by atoms with van der Waals surface area (Å²) >= 11 is 0. The molecule has 16 heavy (non-hydrogen) atoms. The Kier molecular flexibility index (Phi) is 3.35. The molecule has 2 rings (SSSR count). The van der Waals surface area contributed by atoms with Crippen LogP contribution in [-0.2, 0) is 0 Å². The third-order valence-electron chi connectivity index (χ3n) is 2.83. The Morgan fingerprint density at radius 1 is 1.19 bits per heavy atom. The SMILES string of the molecule is CCC(c1ccccc1)c1cc[c]cc1F. The molecule has 0 N–H and O–H groups in total. The van der Waals surface area contributed by atoms with E-state index in [4.69, 9.17) is 0 Å². The lowest BCUT2D eigenvalue weighted by molar-refractivity contribution is 0.592. The van der Waals surface area contributed by atoms with Gasteiger partial charge in [-0.2, -0.15) is 0 Å². The topological polar surface area (TPSA) is 0 Å². The van der Waals surface area contributed by atoms with E-state index in [0.717, 1.165) is 17.5 Å². The van der Waals surface area contributed by atoms with E-state index in [-0.39, 0.29) is 11.7 Å². The van der Waals surface area contributed by atoms with E-state index >= 15 is 0 Å². The molecule has 0 aliphatic rings. The molecule has 0 nitrogen and oxygen atoms in total. The average molecular weight is 213 g/mol. The van der Waals surface area contributed by atoms with Gasteiger partial charge in [-0.1, -0.05) is 49.4 Å². The van der Waals surface area contributed by atoms with Gasteiger partial charge in [-0.25, -0.2) is 4.39 Å². The van der Waals surface area contributed by atoms with Gasteiger partial charge in [0, 0.05) is 5.92 Å². The van der Waals surface area contributed by atoms with Crippen LogP contribution in [0.25, 0.3) is 0 Å². The molecule has 0 amide bonds. The van der Waals surface area contributed by atoms with Crippen molar-refractivity contribution < 1.29 is 4.39 Å². The first-order valence-corrected chi connectivity index (χ1v) is 5.53. The van der Waals surface area contributed by atoms with Gasteiger partial charge in [-0.3, -0.25) is 0 Å². The molecule has 1 atom stereocenters. The van der Waals surface area contributed by atoms with E-state index in [9.17, 15) is 4.39 Å². The van der Waals surface area contributed by atoms with Crippen LogP contribution in [0, 0.1) is 11.9 Å². The number of benzene rings is 2. The summed E-state index contributed by atoms with van der Waals surface area (Å²) in [6.07, 6.45) is 0.894. The Balaban J connectivity index is 2.41. The van der Waals surface area contributed by atoms with Crippen molar-refractivity contribution in [2.24, 2.45) is 0 Å². The molecule has 0 bridgehead atoms. The van der Waals surface area contributed by atoms with Crippen LogP contribution in [0.1, 0.15) is 30.4 Å². The molecule has 0 aliphatic carbocycles. The zero-order valence-corrected chi connectivity index (χ0v) is 9.28. The summed E-state index contributed by atoms with van der Waals surface area (Å²) in [6, 6.07) is 17.8. The molecular formula is C15H14F. The minimum Gasteiger partial charge on any atom is -0.207 e. The van der Waals surface area contributed by atoms with Gasteiger partial charge in [0.05, 0.1) is 0 Å². The lowest BCUT2D eigenvalue weighted by atomic mass is 9.89. The van der Waals surface area contributed by atoms with E-state index in [1.165, 1.54) is 6.07 Å². The highest BCUT2D eigenvalue weighted by molar-refractivity contribution is 5.32. The van der Waals surface area contributed by atoms with E-state index in [0.29, 0.717) is 0 Å². The maximum Gasteiger partial charge on any atom is 0.127 e. The summed E-state index contributed by atoms with van der Waals surface area (Å²) in [5.74, 6) is -0.0333. The van der Waals surface area contributed by atoms with Crippen molar-refractivity contribution in [3.8, 4) is 0 Å². The molecule has 1 heteroatoms. The van der Waals surface area contributed by atoms with Crippen molar-refractivity contribution in [1.29, 1.82) is 0 Å².